The van der Waals surface area contributed by atoms with Gasteiger partial charge in [-0.15, -0.1) is 0 Å². The van der Waals surface area contributed by atoms with E-state index < -0.39 is 0 Å². The fourth-order valence-corrected chi connectivity index (χ4v) is 2.00. The minimum Gasteiger partial charge on any atom is -0.382 e. The van der Waals surface area contributed by atoms with E-state index in [0.717, 1.165) is 5.56 Å². The van der Waals surface area contributed by atoms with Gasteiger partial charge in [0, 0.05) is 5.56 Å². The highest BCUT2D eigenvalue weighted by atomic mass is 79.9. The van der Waals surface area contributed by atoms with Crippen LogP contribution in [0.15, 0.2) is 35.1 Å². The molecule has 0 saturated carbocycles. The van der Waals surface area contributed by atoms with Crippen LogP contribution in [0.25, 0.3) is 11.3 Å². The van der Waals surface area contributed by atoms with Crippen LogP contribution >= 0.6 is 15.9 Å². The predicted octanol–water partition coefficient (Wildman–Crippen LogP) is 3.79. The molecule has 1 heterocycles. The van der Waals surface area contributed by atoms with Crippen molar-refractivity contribution in [2.75, 3.05) is 5.73 Å². The van der Waals surface area contributed by atoms with Crippen molar-refractivity contribution in [3.63, 3.8) is 0 Å². The summed E-state index contributed by atoms with van der Waals surface area (Å²) in [6.07, 6.45) is 1.60. The first-order valence-electron chi connectivity index (χ1n) is 5.77. The highest BCUT2D eigenvalue weighted by Crippen LogP contribution is 2.27. The molecule has 0 saturated heterocycles. The second-order valence-corrected chi connectivity index (χ2v) is 6.07. The molecular weight excluding hydrogens is 290 g/mol. The van der Waals surface area contributed by atoms with E-state index in [1.54, 1.807) is 6.20 Å². The molecule has 1 aromatic carbocycles. The molecular formula is C14H16BrN3. The molecule has 2 rings (SSSR count). The molecule has 2 aromatic rings. The second-order valence-electron chi connectivity index (χ2n) is 5.25. The van der Waals surface area contributed by atoms with E-state index in [4.69, 9.17) is 5.73 Å². The highest BCUT2D eigenvalue weighted by Gasteiger charge is 2.14. The van der Waals surface area contributed by atoms with Gasteiger partial charge in [0.15, 0.2) is 0 Å². The lowest BCUT2D eigenvalue weighted by Crippen LogP contribution is -2.10. The van der Waals surface area contributed by atoms with E-state index in [-0.39, 0.29) is 5.41 Å². The second kappa shape index (κ2) is 4.69. The van der Waals surface area contributed by atoms with Gasteiger partial charge < -0.3 is 5.73 Å². The van der Waals surface area contributed by atoms with Crippen molar-refractivity contribution in [2.24, 2.45) is 0 Å². The topological polar surface area (TPSA) is 51.8 Å². The van der Waals surface area contributed by atoms with Gasteiger partial charge in [-0.25, -0.2) is 9.97 Å². The first kappa shape index (κ1) is 13.0. The van der Waals surface area contributed by atoms with Crippen molar-refractivity contribution >= 4 is 21.7 Å². The molecule has 0 bridgehead atoms. The quantitative estimate of drug-likeness (QED) is 0.872. The largest absolute Gasteiger partial charge is 0.382 e. The molecule has 0 spiro atoms. The monoisotopic (exact) mass is 305 g/mol. The van der Waals surface area contributed by atoms with E-state index in [9.17, 15) is 0 Å². The average Bonchev–Trinajstić information content (AvgIpc) is 2.31. The predicted molar refractivity (Wildman–Crippen MR) is 78.3 cm³/mol. The van der Waals surface area contributed by atoms with Gasteiger partial charge in [0.2, 0.25) is 0 Å². The van der Waals surface area contributed by atoms with Crippen LogP contribution in [0, 0.1) is 0 Å². The van der Waals surface area contributed by atoms with Crippen LogP contribution in [-0.4, -0.2) is 9.97 Å². The van der Waals surface area contributed by atoms with Gasteiger partial charge in [-0.1, -0.05) is 45.0 Å². The maximum atomic E-state index is 5.85. The van der Waals surface area contributed by atoms with Crippen molar-refractivity contribution in [2.45, 2.75) is 26.2 Å². The number of nitrogen functional groups attached to an aromatic ring is 1. The zero-order valence-corrected chi connectivity index (χ0v) is 12.3. The first-order chi connectivity index (χ1) is 8.38. The lowest BCUT2D eigenvalue weighted by atomic mass is 9.86. The van der Waals surface area contributed by atoms with Crippen LogP contribution in [0.4, 0.5) is 5.82 Å². The minimum atomic E-state index is 0.146. The summed E-state index contributed by atoms with van der Waals surface area (Å²) in [6.45, 7) is 6.57. The summed E-state index contributed by atoms with van der Waals surface area (Å²) in [5.41, 5.74) is 8.98. The average molecular weight is 306 g/mol. The lowest BCUT2D eigenvalue weighted by Gasteiger charge is -2.19. The zero-order chi connectivity index (χ0) is 13.3. The van der Waals surface area contributed by atoms with E-state index in [1.807, 2.05) is 12.1 Å². The number of halogens is 1. The summed E-state index contributed by atoms with van der Waals surface area (Å²) in [4.78, 5) is 8.46. The third-order valence-corrected chi connectivity index (χ3v) is 3.18. The molecule has 0 fully saturated rings. The van der Waals surface area contributed by atoms with Gasteiger partial charge in [-0.3, -0.25) is 0 Å². The third kappa shape index (κ3) is 2.70. The number of nitrogens with two attached hydrogens (primary N) is 1. The van der Waals surface area contributed by atoms with Crippen molar-refractivity contribution in [3.8, 4) is 11.3 Å². The van der Waals surface area contributed by atoms with Crippen molar-refractivity contribution < 1.29 is 0 Å². The molecule has 0 radical (unpaired) electrons. The van der Waals surface area contributed by atoms with E-state index >= 15 is 0 Å². The summed E-state index contributed by atoms with van der Waals surface area (Å²) in [6, 6.07) is 8.29. The van der Waals surface area contributed by atoms with Crippen molar-refractivity contribution in [1.82, 2.24) is 9.97 Å². The summed E-state index contributed by atoms with van der Waals surface area (Å²) in [7, 11) is 0. The molecule has 3 nitrogen and oxygen atoms in total. The molecule has 0 amide bonds. The summed E-state index contributed by atoms with van der Waals surface area (Å²) in [5.74, 6) is 0.446. The SMILES string of the molecule is CC(C)(C)c1ccc(-c2nc(Br)cnc2N)cc1. The van der Waals surface area contributed by atoms with Crippen LogP contribution < -0.4 is 5.73 Å². The minimum absolute atomic E-state index is 0.146. The Kier molecular flexibility index (Phi) is 3.39. The Morgan fingerprint density at radius 3 is 2.28 bits per heavy atom. The molecule has 4 heteroatoms. The smallest absolute Gasteiger partial charge is 0.150 e. The Morgan fingerprint density at radius 2 is 1.72 bits per heavy atom. The van der Waals surface area contributed by atoms with Crippen LogP contribution in [-0.2, 0) is 5.41 Å². The Hall–Kier alpha value is -1.42. The number of nitrogens with zero attached hydrogens (tertiary/aromatic N) is 2. The first-order valence-corrected chi connectivity index (χ1v) is 6.56. The fraction of sp³-hybridized carbons (Fsp3) is 0.286. The third-order valence-electron chi connectivity index (χ3n) is 2.80. The van der Waals surface area contributed by atoms with Crippen LogP contribution in [0.1, 0.15) is 26.3 Å². The molecule has 18 heavy (non-hydrogen) atoms. The van der Waals surface area contributed by atoms with Gasteiger partial charge in [0.1, 0.15) is 16.1 Å². The highest BCUT2D eigenvalue weighted by molar-refractivity contribution is 9.10. The number of hydrogen-bond acceptors (Lipinski definition) is 3. The molecule has 1 aromatic heterocycles. The Morgan fingerprint density at radius 1 is 1.11 bits per heavy atom. The molecule has 0 unspecified atom stereocenters. The molecule has 0 aliphatic rings. The maximum Gasteiger partial charge on any atom is 0.150 e. The number of aromatic nitrogens is 2. The fourth-order valence-electron chi connectivity index (χ4n) is 1.72. The maximum absolute atomic E-state index is 5.85. The number of rotatable bonds is 1. The summed E-state index contributed by atoms with van der Waals surface area (Å²) in [5, 5.41) is 0. The summed E-state index contributed by atoms with van der Waals surface area (Å²) >= 11 is 3.31. The van der Waals surface area contributed by atoms with Crippen molar-refractivity contribution in [3.05, 3.63) is 40.6 Å². The molecule has 0 atom stereocenters. The number of benzene rings is 1. The van der Waals surface area contributed by atoms with Crippen LogP contribution in [0.3, 0.4) is 0 Å². The van der Waals surface area contributed by atoms with Crippen LogP contribution in [0.2, 0.25) is 0 Å². The normalized spacial score (nSPS) is 11.6. The van der Waals surface area contributed by atoms with Gasteiger partial charge in [-0.05, 0) is 26.9 Å². The lowest BCUT2D eigenvalue weighted by molar-refractivity contribution is 0.590. The van der Waals surface area contributed by atoms with E-state index in [1.165, 1.54) is 5.56 Å². The molecule has 2 N–H and O–H groups in total. The Labute approximate surface area is 116 Å². The number of hydrogen-bond donors (Lipinski definition) is 1. The number of anilines is 1. The molecule has 0 aliphatic heterocycles. The zero-order valence-electron chi connectivity index (χ0n) is 10.7. The van der Waals surface area contributed by atoms with Gasteiger partial charge in [0.25, 0.3) is 0 Å². The van der Waals surface area contributed by atoms with Crippen LogP contribution in [0.5, 0.6) is 0 Å². The molecule has 94 valence electrons. The summed E-state index contributed by atoms with van der Waals surface area (Å²) < 4.78 is 0.687. The van der Waals surface area contributed by atoms with E-state index in [2.05, 4.69) is 58.8 Å². The molecule has 0 aliphatic carbocycles. The standard InChI is InChI=1S/C14H16BrN3/c1-14(2,3)10-6-4-9(5-7-10)12-13(16)17-8-11(15)18-12/h4-8H,1-3H3,(H2,16,17). The van der Waals surface area contributed by atoms with E-state index in [0.29, 0.717) is 16.1 Å². The van der Waals surface area contributed by atoms with Gasteiger partial charge >= 0.3 is 0 Å². The van der Waals surface area contributed by atoms with Gasteiger partial charge in [-0.2, -0.15) is 0 Å². The Balaban J connectivity index is 2.43. The Bertz CT molecular complexity index is 556. The van der Waals surface area contributed by atoms with Gasteiger partial charge in [0.05, 0.1) is 6.20 Å². The van der Waals surface area contributed by atoms with Crippen molar-refractivity contribution in [1.29, 1.82) is 0 Å².